The topological polar surface area (TPSA) is 142 Å². The molecule has 0 unspecified atom stereocenters. The minimum absolute atomic E-state index is 0.124. The Kier molecular flexibility index (Phi) is 7.60. The second kappa shape index (κ2) is 11.2. The first-order chi connectivity index (χ1) is 19.9. The number of anilines is 2. The third-order valence-electron chi connectivity index (χ3n) is 6.48. The molecule has 0 atom stereocenters. The fourth-order valence-electron chi connectivity index (χ4n) is 4.59. The van der Waals surface area contributed by atoms with Gasteiger partial charge in [-0.1, -0.05) is 18.2 Å². The number of alkyl halides is 3. The summed E-state index contributed by atoms with van der Waals surface area (Å²) in [5.41, 5.74) is -0.317. The first-order valence-electron chi connectivity index (χ1n) is 12.4. The van der Waals surface area contributed by atoms with Gasteiger partial charge < -0.3 is 19.6 Å². The van der Waals surface area contributed by atoms with Crippen molar-refractivity contribution in [3.63, 3.8) is 0 Å². The highest BCUT2D eigenvalue weighted by atomic mass is 32.2. The molecule has 11 nitrogen and oxygen atoms in total. The molecule has 0 bridgehead atoms. The number of carboxylic acid groups (broad SMARTS) is 1. The monoisotopic (exact) mass is 601 g/mol. The Balaban J connectivity index is 1.38. The number of nitrogens with zero attached hydrogens (tertiary/aromatic N) is 4. The number of carbonyl (C=O) groups excluding carboxylic acids is 1. The molecule has 1 aliphatic rings. The summed E-state index contributed by atoms with van der Waals surface area (Å²) >= 11 is 0. The van der Waals surface area contributed by atoms with Crippen molar-refractivity contribution < 1.29 is 41.0 Å². The molecule has 1 fully saturated rings. The number of aromatic nitrogens is 2. The lowest BCUT2D eigenvalue weighted by molar-refractivity contribution is -0.274. The zero-order valence-corrected chi connectivity index (χ0v) is 22.4. The molecule has 0 aliphatic carbocycles. The van der Waals surface area contributed by atoms with Crippen LogP contribution in [-0.2, 0) is 10.0 Å². The number of ether oxygens (including phenoxy) is 1. The van der Waals surface area contributed by atoms with Crippen LogP contribution in [0.2, 0.25) is 0 Å². The number of carbonyl (C=O) groups is 2. The average Bonchev–Trinajstić information content (AvgIpc) is 2.96. The van der Waals surface area contributed by atoms with E-state index in [-0.39, 0.29) is 47.8 Å². The number of amides is 1. The number of fused-ring (bicyclic) bond motifs is 1. The van der Waals surface area contributed by atoms with Gasteiger partial charge in [-0.25, -0.2) is 18.2 Å². The maximum atomic E-state index is 13.3. The Labute approximate surface area is 237 Å². The van der Waals surface area contributed by atoms with Crippen LogP contribution in [0.5, 0.6) is 5.75 Å². The number of piperazine rings is 1. The van der Waals surface area contributed by atoms with Crippen LogP contribution < -0.4 is 14.4 Å². The molecule has 4 aromatic rings. The number of halogens is 3. The Bertz CT molecular complexity index is 1770. The molecule has 1 amide bonds. The van der Waals surface area contributed by atoms with Crippen LogP contribution in [0.3, 0.4) is 0 Å². The zero-order chi connectivity index (χ0) is 30.1. The van der Waals surface area contributed by atoms with Crippen LogP contribution in [0, 0.1) is 0 Å². The Morgan fingerprint density at radius 3 is 2.33 bits per heavy atom. The van der Waals surface area contributed by atoms with Gasteiger partial charge in [-0.2, -0.15) is 0 Å². The number of hydrogen-bond donors (Lipinski definition) is 2. The van der Waals surface area contributed by atoms with Crippen molar-refractivity contribution in [2.24, 2.45) is 0 Å². The van der Waals surface area contributed by atoms with Crippen LogP contribution in [0.15, 0.2) is 78.0 Å². The van der Waals surface area contributed by atoms with E-state index in [0.717, 1.165) is 12.1 Å². The molecule has 2 aromatic carbocycles. The summed E-state index contributed by atoms with van der Waals surface area (Å²) in [6, 6.07) is 13.9. The molecule has 1 saturated heterocycles. The van der Waals surface area contributed by atoms with Gasteiger partial charge in [0.15, 0.2) is 11.4 Å². The highest BCUT2D eigenvalue weighted by molar-refractivity contribution is 7.93. The van der Waals surface area contributed by atoms with Crippen molar-refractivity contribution in [1.29, 1.82) is 0 Å². The molecule has 42 heavy (non-hydrogen) atoms. The highest BCUT2D eigenvalue weighted by Crippen LogP contribution is 2.34. The zero-order valence-electron chi connectivity index (χ0n) is 21.6. The smallest absolute Gasteiger partial charge is 0.476 e. The predicted molar refractivity (Wildman–Crippen MR) is 145 cm³/mol. The highest BCUT2D eigenvalue weighted by Gasteiger charge is 2.34. The first-order valence-corrected chi connectivity index (χ1v) is 13.9. The maximum absolute atomic E-state index is 13.3. The summed E-state index contributed by atoms with van der Waals surface area (Å²) in [5.74, 6) is -2.72. The average molecular weight is 602 g/mol. The molecule has 2 N–H and O–H groups in total. The minimum atomic E-state index is -5.18. The van der Waals surface area contributed by atoms with Gasteiger partial charge in [-0.05, 0) is 42.5 Å². The molecular formula is C27H22F3N5O6S. The second-order valence-corrected chi connectivity index (χ2v) is 10.8. The molecule has 2 aromatic heterocycles. The number of nitrogens with one attached hydrogen (secondary N) is 1. The van der Waals surface area contributed by atoms with Crippen LogP contribution >= 0.6 is 0 Å². The summed E-state index contributed by atoms with van der Waals surface area (Å²) in [7, 11) is -4.42. The number of carboxylic acids is 1. The molecular weight excluding hydrogens is 579 g/mol. The first kappa shape index (κ1) is 28.6. The van der Waals surface area contributed by atoms with Crippen molar-refractivity contribution in [3.8, 4) is 5.75 Å². The maximum Gasteiger partial charge on any atom is 0.573 e. The van der Waals surface area contributed by atoms with Crippen molar-refractivity contribution in [1.82, 2.24) is 14.9 Å². The van der Waals surface area contributed by atoms with E-state index in [4.69, 9.17) is 0 Å². The SMILES string of the molecule is O=C(O)c1ncccc1N1CCN(C(=O)c2ccc(NS(=O)(=O)c3cccc4cccnc34)c(OC(F)(F)F)c2)CC1. The largest absolute Gasteiger partial charge is 0.573 e. The second-order valence-electron chi connectivity index (χ2n) is 9.15. The number of aromatic carboxylic acids is 1. The van der Waals surface area contributed by atoms with E-state index < -0.39 is 39.7 Å². The Hall–Kier alpha value is -4.92. The van der Waals surface area contributed by atoms with Gasteiger partial charge in [0.25, 0.3) is 15.9 Å². The fraction of sp³-hybridized carbons (Fsp3) is 0.185. The molecule has 0 saturated carbocycles. The van der Waals surface area contributed by atoms with Crippen LogP contribution in [-0.4, -0.2) is 72.8 Å². The van der Waals surface area contributed by atoms with Crippen molar-refractivity contribution in [2.45, 2.75) is 11.3 Å². The van der Waals surface area contributed by atoms with Gasteiger partial charge in [-0.3, -0.25) is 14.5 Å². The number of rotatable bonds is 7. The number of sulfonamides is 1. The predicted octanol–water partition coefficient (Wildman–Crippen LogP) is 3.99. The Morgan fingerprint density at radius 1 is 0.929 bits per heavy atom. The number of para-hydroxylation sites is 1. The number of hydrogen-bond acceptors (Lipinski definition) is 8. The van der Waals surface area contributed by atoms with Gasteiger partial charge in [-0.15, -0.1) is 13.2 Å². The molecule has 3 heterocycles. The van der Waals surface area contributed by atoms with Gasteiger partial charge in [0, 0.05) is 49.5 Å². The van der Waals surface area contributed by atoms with E-state index >= 15 is 0 Å². The lowest BCUT2D eigenvalue weighted by atomic mass is 10.1. The number of benzene rings is 2. The lowest BCUT2D eigenvalue weighted by Gasteiger charge is -2.36. The molecule has 0 spiro atoms. The van der Waals surface area contributed by atoms with E-state index in [1.165, 1.54) is 35.5 Å². The molecule has 0 radical (unpaired) electrons. The fourth-order valence-corrected chi connectivity index (χ4v) is 5.84. The standard InChI is InChI=1S/C27H22F3N5O6S/c28-27(29,30)41-21-16-18(25(36)35-14-12-34(13-15-35)20-6-3-11-32-24(20)26(37)38)8-9-19(21)33-42(39,40)22-7-1-4-17-5-2-10-31-23(17)22/h1-11,16,33H,12-15H2,(H,37,38). The third kappa shape index (κ3) is 6.05. The summed E-state index contributed by atoms with van der Waals surface area (Å²) in [5, 5.41) is 9.91. The van der Waals surface area contributed by atoms with Gasteiger partial charge in [0.1, 0.15) is 4.90 Å². The number of pyridine rings is 2. The van der Waals surface area contributed by atoms with Crippen LogP contribution in [0.4, 0.5) is 24.5 Å². The van der Waals surface area contributed by atoms with E-state index in [1.807, 2.05) is 0 Å². The quantitative estimate of drug-likeness (QED) is 0.322. The minimum Gasteiger partial charge on any atom is -0.476 e. The molecule has 15 heteroatoms. The Morgan fingerprint density at radius 2 is 1.62 bits per heavy atom. The van der Waals surface area contributed by atoms with Crippen molar-refractivity contribution in [3.05, 3.63) is 84.3 Å². The summed E-state index contributed by atoms with van der Waals surface area (Å²) < 4.78 is 72.6. The van der Waals surface area contributed by atoms with Crippen molar-refractivity contribution in [2.75, 3.05) is 35.8 Å². The molecule has 218 valence electrons. The van der Waals surface area contributed by atoms with Gasteiger partial charge in [0.2, 0.25) is 0 Å². The van der Waals surface area contributed by atoms with E-state index in [9.17, 15) is 36.3 Å². The van der Waals surface area contributed by atoms with Crippen LogP contribution in [0.1, 0.15) is 20.8 Å². The van der Waals surface area contributed by atoms with Gasteiger partial charge in [0.05, 0.1) is 16.9 Å². The van der Waals surface area contributed by atoms with E-state index in [2.05, 4.69) is 19.4 Å². The summed E-state index contributed by atoms with van der Waals surface area (Å²) in [4.78, 5) is 35.6. The molecule has 5 rings (SSSR count). The third-order valence-corrected chi connectivity index (χ3v) is 7.88. The van der Waals surface area contributed by atoms with E-state index in [0.29, 0.717) is 11.1 Å². The normalized spacial score (nSPS) is 14.1. The lowest BCUT2D eigenvalue weighted by Crippen LogP contribution is -2.49. The van der Waals surface area contributed by atoms with Gasteiger partial charge >= 0.3 is 12.3 Å². The van der Waals surface area contributed by atoms with E-state index in [1.54, 1.807) is 35.2 Å². The summed E-state index contributed by atoms with van der Waals surface area (Å²) in [6.45, 7) is 0.788. The van der Waals surface area contributed by atoms with Crippen LogP contribution in [0.25, 0.3) is 10.9 Å². The molecule has 1 aliphatic heterocycles. The summed E-state index contributed by atoms with van der Waals surface area (Å²) in [6.07, 6.45) is -2.43. The van der Waals surface area contributed by atoms with Crippen molar-refractivity contribution >= 4 is 44.2 Å².